The van der Waals surface area contributed by atoms with Crippen molar-refractivity contribution in [3.8, 4) is 0 Å². The Kier molecular flexibility index (Phi) is 6.40. The molecule has 1 heterocycles. The van der Waals surface area contributed by atoms with Gasteiger partial charge in [0, 0.05) is 12.4 Å². The van der Waals surface area contributed by atoms with E-state index in [4.69, 9.17) is 11.6 Å². The average Bonchev–Trinajstić information content (AvgIpc) is 2.75. The lowest BCUT2D eigenvalue weighted by Crippen LogP contribution is -2.30. The molecule has 0 aromatic carbocycles. The second-order valence-electron chi connectivity index (χ2n) is 5.02. The van der Waals surface area contributed by atoms with Gasteiger partial charge in [-0.05, 0) is 53.6 Å². The van der Waals surface area contributed by atoms with Crippen LogP contribution >= 0.6 is 22.9 Å². The summed E-state index contributed by atoms with van der Waals surface area (Å²) in [6.07, 6.45) is 3.44. The minimum atomic E-state index is 0.365. The summed E-state index contributed by atoms with van der Waals surface area (Å²) in [6, 6.07) is 2.20. The van der Waals surface area contributed by atoms with Crippen LogP contribution in [0.5, 0.6) is 0 Å². The van der Waals surface area contributed by atoms with Gasteiger partial charge in [0.25, 0.3) is 0 Å². The molecule has 0 spiro atoms. The van der Waals surface area contributed by atoms with Gasteiger partial charge in [0.05, 0.1) is 0 Å². The molecule has 1 nitrogen and oxygen atoms in total. The Morgan fingerprint density at radius 1 is 1.44 bits per heavy atom. The van der Waals surface area contributed by atoms with Gasteiger partial charge < -0.3 is 5.32 Å². The molecule has 0 unspecified atom stereocenters. The minimum Gasteiger partial charge on any atom is -0.316 e. The highest BCUT2D eigenvalue weighted by Crippen LogP contribution is 2.21. The van der Waals surface area contributed by atoms with Crippen LogP contribution in [0.3, 0.4) is 0 Å². The maximum absolute atomic E-state index is 5.72. The summed E-state index contributed by atoms with van der Waals surface area (Å²) in [5, 5.41) is 7.90. The van der Waals surface area contributed by atoms with Gasteiger partial charge in [0.15, 0.2) is 0 Å². The van der Waals surface area contributed by atoms with Crippen LogP contribution in [0.4, 0.5) is 0 Å². The number of nitrogens with one attached hydrogen (secondary N) is 1. The van der Waals surface area contributed by atoms with Crippen molar-refractivity contribution in [3.63, 3.8) is 0 Å². The number of rotatable bonds is 8. The van der Waals surface area contributed by atoms with Crippen LogP contribution in [0.1, 0.15) is 32.3 Å². The summed E-state index contributed by atoms with van der Waals surface area (Å²) in [6.45, 7) is 6.75. The third-order valence-electron chi connectivity index (χ3n) is 2.76. The Labute approximate surface area is 108 Å². The lowest BCUT2D eigenvalue weighted by Gasteiger charge is -2.24. The van der Waals surface area contributed by atoms with Crippen LogP contribution in [0.25, 0.3) is 0 Å². The van der Waals surface area contributed by atoms with Crippen molar-refractivity contribution >= 4 is 22.9 Å². The summed E-state index contributed by atoms with van der Waals surface area (Å²) in [5.41, 5.74) is 1.81. The lowest BCUT2D eigenvalue weighted by molar-refractivity contribution is 0.313. The zero-order valence-electron chi connectivity index (χ0n) is 10.3. The van der Waals surface area contributed by atoms with Gasteiger partial charge in [-0.1, -0.05) is 13.8 Å². The molecule has 92 valence electrons. The SMILES string of the molecule is CC(C)(CCCCl)CNCCc1ccsc1. The van der Waals surface area contributed by atoms with Crippen molar-refractivity contribution in [1.82, 2.24) is 5.32 Å². The van der Waals surface area contributed by atoms with E-state index in [0.717, 1.165) is 31.8 Å². The molecule has 0 saturated heterocycles. The predicted molar refractivity (Wildman–Crippen MR) is 74.6 cm³/mol. The molecule has 0 aliphatic carbocycles. The Hall–Kier alpha value is -0.0500. The minimum absolute atomic E-state index is 0.365. The van der Waals surface area contributed by atoms with E-state index in [1.165, 1.54) is 12.0 Å². The Balaban J connectivity index is 2.10. The summed E-state index contributed by atoms with van der Waals surface area (Å²) in [4.78, 5) is 0. The fraction of sp³-hybridized carbons (Fsp3) is 0.692. The summed E-state index contributed by atoms with van der Waals surface area (Å²) >= 11 is 7.49. The monoisotopic (exact) mass is 259 g/mol. The second-order valence-corrected chi connectivity index (χ2v) is 6.17. The molecule has 0 aliphatic rings. The molecular formula is C13H22ClNS. The molecule has 0 radical (unpaired) electrons. The van der Waals surface area contributed by atoms with Crippen molar-refractivity contribution in [2.45, 2.75) is 33.1 Å². The summed E-state index contributed by atoms with van der Waals surface area (Å²) < 4.78 is 0. The molecule has 16 heavy (non-hydrogen) atoms. The van der Waals surface area contributed by atoms with Gasteiger partial charge in [0.1, 0.15) is 0 Å². The molecule has 0 amide bonds. The highest BCUT2D eigenvalue weighted by atomic mass is 35.5. The second kappa shape index (κ2) is 7.31. The first kappa shape index (κ1) is 14.0. The molecule has 0 atom stereocenters. The molecule has 0 aliphatic heterocycles. The average molecular weight is 260 g/mol. The van der Waals surface area contributed by atoms with Crippen LogP contribution in [0.2, 0.25) is 0 Å². The van der Waals surface area contributed by atoms with Gasteiger partial charge in [-0.25, -0.2) is 0 Å². The predicted octanol–water partition coefficient (Wildman–Crippen LogP) is 3.93. The molecule has 1 aromatic rings. The van der Waals surface area contributed by atoms with Crippen molar-refractivity contribution in [1.29, 1.82) is 0 Å². The van der Waals surface area contributed by atoms with Crippen molar-refractivity contribution in [2.24, 2.45) is 5.41 Å². The van der Waals surface area contributed by atoms with Gasteiger partial charge in [0.2, 0.25) is 0 Å². The highest BCUT2D eigenvalue weighted by molar-refractivity contribution is 7.07. The molecule has 3 heteroatoms. The maximum Gasteiger partial charge on any atom is 0.0223 e. The number of hydrogen-bond donors (Lipinski definition) is 1. The van der Waals surface area contributed by atoms with E-state index >= 15 is 0 Å². The quantitative estimate of drug-likeness (QED) is 0.551. The zero-order valence-corrected chi connectivity index (χ0v) is 11.8. The van der Waals surface area contributed by atoms with Crippen molar-refractivity contribution in [2.75, 3.05) is 19.0 Å². The van der Waals surface area contributed by atoms with Crippen LogP contribution in [-0.2, 0) is 6.42 Å². The topological polar surface area (TPSA) is 12.0 Å². The van der Waals surface area contributed by atoms with E-state index in [9.17, 15) is 0 Å². The fourth-order valence-electron chi connectivity index (χ4n) is 1.73. The normalized spacial score (nSPS) is 11.9. The van der Waals surface area contributed by atoms with Gasteiger partial charge in [-0.3, -0.25) is 0 Å². The molecule has 0 bridgehead atoms. The van der Waals surface area contributed by atoms with E-state index < -0.39 is 0 Å². The third kappa shape index (κ3) is 5.88. The largest absolute Gasteiger partial charge is 0.316 e. The molecule has 1 rings (SSSR count). The first-order valence-electron chi connectivity index (χ1n) is 5.92. The van der Waals surface area contributed by atoms with Crippen molar-refractivity contribution < 1.29 is 0 Å². The molecule has 1 N–H and O–H groups in total. The van der Waals surface area contributed by atoms with E-state index in [2.05, 4.69) is 36.0 Å². The van der Waals surface area contributed by atoms with Gasteiger partial charge in [-0.15, -0.1) is 11.6 Å². The van der Waals surface area contributed by atoms with Crippen LogP contribution in [0, 0.1) is 5.41 Å². The van der Waals surface area contributed by atoms with Crippen LogP contribution < -0.4 is 5.32 Å². The Morgan fingerprint density at radius 2 is 2.25 bits per heavy atom. The molecule has 0 saturated carbocycles. The summed E-state index contributed by atoms with van der Waals surface area (Å²) in [5.74, 6) is 0.776. The Bertz CT molecular complexity index is 269. The van der Waals surface area contributed by atoms with Crippen LogP contribution in [0.15, 0.2) is 16.8 Å². The van der Waals surface area contributed by atoms with Gasteiger partial charge in [-0.2, -0.15) is 11.3 Å². The molecule has 0 fully saturated rings. The zero-order chi connectivity index (χ0) is 11.9. The fourth-order valence-corrected chi connectivity index (χ4v) is 2.56. The first-order valence-corrected chi connectivity index (χ1v) is 7.39. The Morgan fingerprint density at radius 3 is 2.88 bits per heavy atom. The summed E-state index contributed by atoms with van der Waals surface area (Å²) in [7, 11) is 0. The van der Waals surface area contributed by atoms with Crippen LogP contribution in [-0.4, -0.2) is 19.0 Å². The number of alkyl halides is 1. The van der Waals surface area contributed by atoms with Crippen molar-refractivity contribution in [3.05, 3.63) is 22.4 Å². The van der Waals surface area contributed by atoms with E-state index in [-0.39, 0.29) is 0 Å². The number of halogens is 1. The maximum atomic E-state index is 5.72. The standard InChI is InChI=1S/C13H22ClNS/c1-13(2,6-3-7-14)11-15-8-4-12-5-9-16-10-12/h5,9-10,15H,3-4,6-8,11H2,1-2H3. The highest BCUT2D eigenvalue weighted by Gasteiger charge is 2.16. The molecule has 1 aromatic heterocycles. The number of thiophene rings is 1. The van der Waals surface area contributed by atoms with E-state index in [1.54, 1.807) is 11.3 Å². The third-order valence-corrected chi connectivity index (χ3v) is 3.76. The van der Waals surface area contributed by atoms with E-state index in [0.29, 0.717) is 5.41 Å². The van der Waals surface area contributed by atoms with Gasteiger partial charge >= 0.3 is 0 Å². The molecular weight excluding hydrogens is 238 g/mol. The smallest absolute Gasteiger partial charge is 0.0223 e. The first-order chi connectivity index (χ1) is 7.64. The van der Waals surface area contributed by atoms with E-state index in [1.807, 2.05) is 0 Å². The number of hydrogen-bond acceptors (Lipinski definition) is 2. The lowest BCUT2D eigenvalue weighted by atomic mass is 9.88.